The minimum atomic E-state index is -0.966. The van der Waals surface area contributed by atoms with Crippen molar-refractivity contribution in [2.24, 2.45) is 11.3 Å². The lowest BCUT2D eigenvalue weighted by Gasteiger charge is -2.54. The molecular formula is C24H35FN2O. The quantitative estimate of drug-likeness (QED) is 0.782. The topological polar surface area (TPSA) is 41.1 Å². The Labute approximate surface area is 168 Å². The number of carbonyl (C=O) groups is 1. The summed E-state index contributed by atoms with van der Waals surface area (Å²) in [5.74, 6) is 0.614. The number of hydrogen-bond acceptors (Lipinski definition) is 2. The number of nitrogens with one attached hydrogen (secondary N) is 2. The van der Waals surface area contributed by atoms with Gasteiger partial charge in [0.2, 0.25) is 5.91 Å². The number of rotatable bonds is 5. The van der Waals surface area contributed by atoms with Crippen LogP contribution in [0, 0.1) is 11.3 Å². The SMILES string of the molecule is C[C@]12CCC[C@](c3ccccc3)(CC(CCC(=O)N[C@H]3CCNC[C@@H]3F)C1)C2. The Kier molecular flexibility index (Phi) is 5.78. The van der Waals surface area contributed by atoms with Crippen molar-refractivity contribution < 1.29 is 9.18 Å². The van der Waals surface area contributed by atoms with E-state index in [-0.39, 0.29) is 17.4 Å². The van der Waals surface area contributed by atoms with Crippen LogP contribution in [0.2, 0.25) is 0 Å². The molecule has 2 N–H and O–H groups in total. The van der Waals surface area contributed by atoms with Crippen molar-refractivity contribution in [2.75, 3.05) is 13.1 Å². The number of hydrogen-bond donors (Lipinski definition) is 2. The van der Waals surface area contributed by atoms with Crippen LogP contribution in [0.5, 0.6) is 0 Å². The second kappa shape index (κ2) is 8.14. The number of benzene rings is 1. The Morgan fingerprint density at radius 1 is 1.25 bits per heavy atom. The van der Waals surface area contributed by atoms with E-state index in [1.165, 1.54) is 44.1 Å². The molecule has 1 amide bonds. The van der Waals surface area contributed by atoms with E-state index in [0.717, 1.165) is 13.0 Å². The van der Waals surface area contributed by atoms with E-state index in [1.807, 2.05) is 0 Å². The number of fused-ring (bicyclic) bond motifs is 2. The minimum absolute atomic E-state index is 0.0317. The van der Waals surface area contributed by atoms with Gasteiger partial charge in [-0.2, -0.15) is 0 Å². The first-order valence-electron chi connectivity index (χ1n) is 11.2. The standard InChI is InChI=1S/C24H35FN2O/c1-23-11-5-12-24(17-23,19-6-3-2-4-7-19)15-18(14-23)8-9-22(28)27-21-10-13-26-16-20(21)25/h2-4,6-7,18,20-21,26H,5,8-17H2,1H3,(H,27,28)/t18?,20-,21-,23-,24-/m0/s1. The molecule has 4 heteroatoms. The highest BCUT2D eigenvalue weighted by Crippen LogP contribution is 2.58. The molecule has 4 rings (SSSR count). The molecule has 154 valence electrons. The van der Waals surface area contributed by atoms with E-state index in [4.69, 9.17) is 0 Å². The fraction of sp³-hybridized carbons (Fsp3) is 0.708. The van der Waals surface area contributed by atoms with Crippen LogP contribution >= 0.6 is 0 Å². The van der Waals surface area contributed by atoms with Crippen molar-refractivity contribution in [3.8, 4) is 0 Å². The summed E-state index contributed by atoms with van der Waals surface area (Å²) >= 11 is 0. The summed E-state index contributed by atoms with van der Waals surface area (Å²) in [5, 5.41) is 6.00. The molecule has 5 atom stereocenters. The van der Waals surface area contributed by atoms with Crippen LogP contribution < -0.4 is 10.6 Å². The zero-order valence-corrected chi connectivity index (χ0v) is 17.2. The molecule has 0 radical (unpaired) electrons. The van der Waals surface area contributed by atoms with Gasteiger partial charge >= 0.3 is 0 Å². The number of piperidine rings is 1. The molecule has 1 saturated heterocycles. The van der Waals surface area contributed by atoms with Crippen LogP contribution in [0.1, 0.15) is 70.3 Å². The molecule has 1 aromatic carbocycles. The summed E-state index contributed by atoms with van der Waals surface area (Å²) in [5.41, 5.74) is 2.17. The van der Waals surface area contributed by atoms with Crippen LogP contribution in [-0.4, -0.2) is 31.2 Å². The largest absolute Gasteiger partial charge is 0.350 e. The molecule has 2 aliphatic carbocycles. The van der Waals surface area contributed by atoms with E-state index in [0.29, 0.717) is 30.7 Å². The molecule has 28 heavy (non-hydrogen) atoms. The van der Waals surface area contributed by atoms with Gasteiger partial charge in [-0.1, -0.05) is 43.7 Å². The number of halogens is 1. The molecule has 0 aromatic heterocycles. The predicted molar refractivity (Wildman–Crippen MR) is 111 cm³/mol. The smallest absolute Gasteiger partial charge is 0.220 e. The molecule has 3 aliphatic rings. The second-order valence-corrected chi connectivity index (χ2v) is 9.98. The summed E-state index contributed by atoms with van der Waals surface area (Å²) in [7, 11) is 0. The van der Waals surface area contributed by atoms with E-state index in [9.17, 15) is 9.18 Å². The molecule has 1 aliphatic heterocycles. The first kappa shape index (κ1) is 19.9. The lowest BCUT2D eigenvalue weighted by Crippen LogP contribution is -2.51. The number of carbonyl (C=O) groups excluding carboxylic acids is 1. The first-order chi connectivity index (χ1) is 13.5. The summed E-state index contributed by atoms with van der Waals surface area (Å²) in [6.45, 7) is 3.59. The third-order valence-electron chi connectivity index (χ3n) is 7.58. The Balaban J connectivity index is 1.39. The van der Waals surface area contributed by atoms with E-state index in [2.05, 4.69) is 47.9 Å². The van der Waals surface area contributed by atoms with Gasteiger partial charge in [0.05, 0.1) is 6.04 Å². The fourth-order valence-electron chi connectivity index (χ4n) is 6.47. The molecule has 3 nitrogen and oxygen atoms in total. The summed E-state index contributed by atoms with van der Waals surface area (Å²) in [6, 6.07) is 10.7. The summed E-state index contributed by atoms with van der Waals surface area (Å²) < 4.78 is 14.0. The van der Waals surface area contributed by atoms with Crippen molar-refractivity contribution in [1.82, 2.24) is 10.6 Å². The Morgan fingerprint density at radius 3 is 2.86 bits per heavy atom. The minimum Gasteiger partial charge on any atom is -0.350 e. The molecule has 3 fully saturated rings. The molecular weight excluding hydrogens is 351 g/mol. The maximum absolute atomic E-state index is 14.0. The van der Waals surface area contributed by atoms with Gasteiger partial charge in [-0.05, 0) is 73.8 Å². The molecule has 2 bridgehead atoms. The maximum Gasteiger partial charge on any atom is 0.220 e. The van der Waals surface area contributed by atoms with Crippen molar-refractivity contribution in [2.45, 2.75) is 82.3 Å². The zero-order valence-electron chi connectivity index (χ0n) is 17.2. The van der Waals surface area contributed by atoms with Gasteiger partial charge in [-0.3, -0.25) is 4.79 Å². The lowest BCUT2D eigenvalue weighted by atomic mass is 9.50. The van der Waals surface area contributed by atoms with E-state index >= 15 is 0 Å². The van der Waals surface area contributed by atoms with Gasteiger partial charge in [0.15, 0.2) is 0 Å². The van der Waals surface area contributed by atoms with Crippen LogP contribution in [0.25, 0.3) is 0 Å². The maximum atomic E-state index is 14.0. The average molecular weight is 387 g/mol. The van der Waals surface area contributed by atoms with E-state index < -0.39 is 6.17 Å². The fourth-order valence-corrected chi connectivity index (χ4v) is 6.47. The van der Waals surface area contributed by atoms with Gasteiger partial charge in [-0.25, -0.2) is 4.39 Å². The molecule has 1 unspecified atom stereocenters. The summed E-state index contributed by atoms with van der Waals surface area (Å²) in [4.78, 5) is 12.5. The van der Waals surface area contributed by atoms with Gasteiger partial charge in [0.1, 0.15) is 6.17 Å². The van der Waals surface area contributed by atoms with Gasteiger partial charge < -0.3 is 10.6 Å². The van der Waals surface area contributed by atoms with Crippen LogP contribution in [0.15, 0.2) is 30.3 Å². The molecule has 1 heterocycles. The average Bonchev–Trinajstić information content (AvgIpc) is 2.68. The molecule has 2 saturated carbocycles. The van der Waals surface area contributed by atoms with Gasteiger partial charge in [-0.15, -0.1) is 0 Å². The van der Waals surface area contributed by atoms with E-state index in [1.54, 1.807) is 0 Å². The highest BCUT2D eigenvalue weighted by molar-refractivity contribution is 5.76. The zero-order chi connectivity index (χ0) is 19.6. The van der Waals surface area contributed by atoms with Crippen molar-refractivity contribution >= 4 is 5.91 Å². The molecule has 0 spiro atoms. The van der Waals surface area contributed by atoms with Crippen LogP contribution in [-0.2, 0) is 10.2 Å². The Hall–Kier alpha value is -1.42. The third kappa shape index (κ3) is 4.27. The normalized spacial score (nSPS) is 38.0. The Morgan fingerprint density at radius 2 is 2.07 bits per heavy atom. The first-order valence-corrected chi connectivity index (χ1v) is 11.2. The third-order valence-corrected chi connectivity index (χ3v) is 7.58. The number of alkyl halides is 1. The highest BCUT2D eigenvalue weighted by atomic mass is 19.1. The number of amides is 1. The van der Waals surface area contributed by atoms with Gasteiger partial charge in [0, 0.05) is 13.0 Å². The summed E-state index contributed by atoms with van der Waals surface area (Å²) in [6.07, 6.45) is 8.78. The predicted octanol–water partition coefficient (Wildman–Crippen LogP) is 4.51. The van der Waals surface area contributed by atoms with Crippen LogP contribution in [0.4, 0.5) is 4.39 Å². The molecule has 1 aromatic rings. The van der Waals surface area contributed by atoms with Crippen LogP contribution in [0.3, 0.4) is 0 Å². The Bertz CT molecular complexity index is 680. The van der Waals surface area contributed by atoms with Gasteiger partial charge in [0.25, 0.3) is 0 Å². The highest BCUT2D eigenvalue weighted by Gasteiger charge is 2.49. The van der Waals surface area contributed by atoms with Crippen molar-refractivity contribution in [3.05, 3.63) is 35.9 Å². The van der Waals surface area contributed by atoms with Crippen molar-refractivity contribution in [1.29, 1.82) is 0 Å². The monoisotopic (exact) mass is 386 g/mol. The second-order valence-electron chi connectivity index (χ2n) is 9.98. The lowest BCUT2D eigenvalue weighted by molar-refractivity contribution is -0.123. The van der Waals surface area contributed by atoms with Crippen molar-refractivity contribution in [3.63, 3.8) is 0 Å².